The fourth-order valence-electron chi connectivity index (χ4n) is 2.17. The monoisotopic (exact) mass is 208 g/mol. The van der Waals surface area contributed by atoms with Crippen molar-refractivity contribution in [1.29, 1.82) is 0 Å². The van der Waals surface area contributed by atoms with Crippen molar-refractivity contribution < 1.29 is 14.6 Å². The van der Waals surface area contributed by atoms with Gasteiger partial charge in [0.15, 0.2) is 11.5 Å². The fourth-order valence-corrected chi connectivity index (χ4v) is 2.17. The zero-order valence-electron chi connectivity index (χ0n) is 9.12. The van der Waals surface area contributed by atoms with Gasteiger partial charge in [0, 0.05) is 6.61 Å². The summed E-state index contributed by atoms with van der Waals surface area (Å²) in [4.78, 5) is 0. The summed E-state index contributed by atoms with van der Waals surface area (Å²) in [6, 6.07) is 4.04. The molecule has 1 N–H and O–H groups in total. The van der Waals surface area contributed by atoms with Gasteiger partial charge in [-0.25, -0.2) is 0 Å². The van der Waals surface area contributed by atoms with Crippen LogP contribution in [0.4, 0.5) is 0 Å². The molecular formula is C12H16O3. The van der Waals surface area contributed by atoms with Gasteiger partial charge < -0.3 is 14.6 Å². The van der Waals surface area contributed by atoms with E-state index in [4.69, 9.17) is 14.6 Å². The summed E-state index contributed by atoms with van der Waals surface area (Å²) in [5.41, 5.74) is 2.54. The number of methoxy groups -OCH3 is 2. The molecule has 0 radical (unpaired) electrons. The molecule has 0 heterocycles. The molecule has 0 fully saturated rings. The van der Waals surface area contributed by atoms with E-state index < -0.39 is 0 Å². The molecule has 0 atom stereocenters. The predicted octanol–water partition coefficient (Wildman–Crippen LogP) is 1.41. The minimum absolute atomic E-state index is 0.249. The molecule has 15 heavy (non-hydrogen) atoms. The average molecular weight is 208 g/mol. The number of ether oxygens (including phenoxy) is 2. The van der Waals surface area contributed by atoms with E-state index in [0.717, 1.165) is 24.3 Å². The largest absolute Gasteiger partial charge is 0.493 e. The highest BCUT2D eigenvalue weighted by atomic mass is 16.5. The van der Waals surface area contributed by atoms with Gasteiger partial charge in [0.25, 0.3) is 0 Å². The Morgan fingerprint density at radius 2 is 1.60 bits per heavy atom. The molecule has 1 aliphatic carbocycles. The zero-order valence-corrected chi connectivity index (χ0v) is 9.12. The van der Waals surface area contributed by atoms with Gasteiger partial charge in [0.1, 0.15) is 0 Å². The van der Waals surface area contributed by atoms with Gasteiger partial charge >= 0.3 is 0 Å². The summed E-state index contributed by atoms with van der Waals surface area (Å²) in [7, 11) is 3.28. The minimum Gasteiger partial charge on any atom is -0.493 e. The van der Waals surface area contributed by atoms with Crippen LogP contribution in [-0.4, -0.2) is 25.9 Å². The van der Waals surface area contributed by atoms with Crippen LogP contribution >= 0.6 is 0 Å². The highest BCUT2D eigenvalue weighted by Crippen LogP contribution is 2.36. The van der Waals surface area contributed by atoms with Crippen molar-refractivity contribution in [1.82, 2.24) is 0 Å². The topological polar surface area (TPSA) is 38.7 Å². The fraction of sp³-hybridized carbons (Fsp3) is 0.500. The normalized spacial score (nSPS) is 15.1. The number of hydrogen-bond donors (Lipinski definition) is 1. The smallest absolute Gasteiger partial charge is 0.161 e. The van der Waals surface area contributed by atoms with Crippen molar-refractivity contribution in [2.24, 2.45) is 5.92 Å². The van der Waals surface area contributed by atoms with Crippen LogP contribution in [0.2, 0.25) is 0 Å². The van der Waals surface area contributed by atoms with E-state index in [9.17, 15) is 0 Å². The molecule has 0 unspecified atom stereocenters. The third-order valence-electron chi connectivity index (χ3n) is 2.98. The molecule has 1 aromatic carbocycles. The van der Waals surface area contributed by atoms with E-state index in [-0.39, 0.29) is 6.61 Å². The first kappa shape index (κ1) is 10.3. The van der Waals surface area contributed by atoms with Crippen LogP contribution in [-0.2, 0) is 12.8 Å². The second-order valence-corrected chi connectivity index (χ2v) is 3.93. The standard InChI is InChI=1S/C12H16O3/c1-14-11-5-9-3-8(7-13)4-10(9)6-12(11)15-2/h5-6,8,13H,3-4,7H2,1-2H3. The van der Waals surface area contributed by atoms with Crippen molar-refractivity contribution in [2.45, 2.75) is 12.8 Å². The van der Waals surface area contributed by atoms with Gasteiger partial charge in [-0.3, -0.25) is 0 Å². The van der Waals surface area contributed by atoms with Crippen LogP contribution < -0.4 is 9.47 Å². The Bertz CT molecular complexity index is 327. The summed E-state index contributed by atoms with van der Waals surface area (Å²) >= 11 is 0. The zero-order chi connectivity index (χ0) is 10.8. The average Bonchev–Trinajstić information content (AvgIpc) is 2.68. The van der Waals surface area contributed by atoms with E-state index in [1.807, 2.05) is 12.1 Å². The first-order chi connectivity index (χ1) is 7.28. The second-order valence-electron chi connectivity index (χ2n) is 3.93. The predicted molar refractivity (Wildman–Crippen MR) is 57.5 cm³/mol. The molecule has 0 spiro atoms. The Labute approximate surface area is 89.6 Å². The first-order valence-corrected chi connectivity index (χ1v) is 5.13. The van der Waals surface area contributed by atoms with Crippen LogP contribution in [0.1, 0.15) is 11.1 Å². The maximum Gasteiger partial charge on any atom is 0.161 e. The Kier molecular flexibility index (Phi) is 2.82. The molecule has 1 aliphatic rings. The van der Waals surface area contributed by atoms with Crippen molar-refractivity contribution in [3.05, 3.63) is 23.3 Å². The van der Waals surface area contributed by atoms with Crippen LogP contribution in [0.3, 0.4) is 0 Å². The molecule has 3 heteroatoms. The van der Waals surface area contributed by atoms with E-state index in [1.165, 1.54) is 11.1 Å². The molecular weight excluding hydrogens is 192 g/mol. The van der Waals surface area contributed by atoms with Crippen molar-refractivity contribution in [3.8, 4) is 11.5 Å². The van der Waals surface area contributed by atoms with Crippen LogP contribution in [0.15, 0.2) is 12.1 Å². The molecule has 0 saturated carbocycles. The number of benzene rings is 1. The molecule has 1 aromatic rings. The lowest BCUT2D eigenvalue weighted by Gasteiger charge is -2.09. The lowest BCUT2D eigenvalue weighted by molar-refractivity contribution is 0.232. The molecule has 0 amide bonds. The lowest BCUT2D eigenvalue weighted by Crippen LogP contribution is -2.04. The quantitative estimate of drug-likeness (QED) is 0.816. The van der Waals surface area contributed by atoms with Gasteiger partial charge in [-0.05, 0) is 42.0 Å². The van der Waals surface area contributed by atoms with Crippen LogP contribution in [0.5, 0.6) is 11.5 Å². The van der Waals surface area contributed by atoms with Gasteiger partial charge in [-0.1, -0.05) is 0 Å². The number of aliphatic hydroxyl groups excluding tert-OH is 1. The second kappa shape index (κ2) is 4.11. The van der Waals surface area contributed by atoms with E-state index in [1.54, 1.807) is 14.2 Å². The number of fused-ring (bicyclic) bond motifs is 1. The van der Waals surface area contributed by atoms with E-state index in [0.29, 0.717) is 5.92 Å². The van der Waals surface area contributed by atoms with Crippen molar-refractivity contribution in [2.75, 3.05) is 20.8 Å². The SMILES string of the molecule is COc1cc2c(cc1OC)CC(CO)C2. The van der Waals surface area contributed by atoms with Crippen molar-refractivity contribution in [3.63, 3.8) is 0 Å². The van der Waals surface area contributed by atoms with Gasteiger partial charge in [-0.2, -0.15) is 0 Å². The third kappa shape index (κ3) is 1.79. The number of aliphatic hydroxyl groups is 1. The Hall–Kier alpha value is -1.22. The summed E-state index contributed by atoms with van der Waals surface area (Å²) in [5, 5.41) is 9.13. The highest BCUT2D eigenvalue weighted by molar-refractivity contribution is 5.49. The highest BCUT2D eigenvalue weighted by Gasteiger charge is 2.23. The Morgan fingerprint density at radius 1 is 1.13 bits per heavy atom. The summed E-state index contributed by atoms with van der Waals surface area (Å²) in [6.45, 7) is 0.249. The molecule has 2 rings (SSSR count). The third-order valence-corrected chi connectivity index (χ3v) is 2.98. The molecule has 3 nitrogen and oxygen atoms in total. The van der Waals surface area contributed by atoms with Gasteiger partial charge in [0.05, 0.1) is 14.2 Å². The van der Waals surface area contributed by atoms with Gasteiger partial charge in [-0.15, -0.1) is 0 Å². The Morgan fingerprint density at radius 3 is 1.93 bits per heavy atom. The lowest BCUT2D eigenvalue weighted by atomic mass is 10.1. The maximum absolute atomic E-state index is 9.13. The molecule has 0 bridgehead atoms. The maximum atomic E-state index is 9.13. The molecule has 0 aromatic heterocycles. The summed E-state index contributed by atoms with van der Waals surface area (Å²) in [6.07, 6.45) is 1.87. The first-order valence-electron chi connectivity index (χ1n) is 5.13. The van der Waals surface area contributed by atoms with E-state index in [2.05, 4.69) is 0 Å². The van der Waals surface area contributed by atoms with Gasteiger partial charge in [0.2, 0.25) is 0 Å². The molecule has 0 aliphatic heterocycles. The molecule has 82 valence electrons. The number of hydrogen-bond acceptors (Lipinski definition) is 3. The Balaban J connectivity index is 2.35. The summed E-state index contributed by atoms with van der Waals surface area (Å²) < 4.78 is 10.5. The van der Waals surface area contributed by atoms with E-state index >= 15 is 0 Å². The van der Waals surface area contributed by atoms with Crippen LogP contribution in [0, 0.1) is 5.92 Å². The summed E-state index contributed by atoms with van der Waals surface area (Å²) in [5.74, 6) is 1.90. The van der Waals surface area contributed by atoms with Crippen molar-refractivity contribution >= 4 is 0 Å². The number of rotatable bonds is 3. The minimum atomic E-state index is 0.249. The molecule has 0 saturated heterocycles. The van der Waals surface area contributed by atoms with Crippen LogP contribution in [0.25, 0.3) is 0 Å².